The fraction of sp³-hybridized carbons (Fsp3) is 0.458. The highest BCUT2D eigenvalue weighted by atomic mass is 32.1. The van der Waals surface area contributed by atoms with Gasteiger partial charge in [-0.25, -0.2) is 4.98 Å². The standard InChI is InChI=1S/C24H28N2O6S/c1-13-5-7-15-18(9-13)33-24-21(15)23(28)25-19(26-24)12-32-20(27)8-6-14-10-16(29-2)22(31-4)17(11-14)30-3/h10-11,13H,5-9,12H2,1-4H3,(H,25,26,28). The molecule has 4 rings (SSSR count). The van der Waals surface area contributed by atoms with Gasteiger partial charge in [0.05, 0.1) is 26.7 Å². The molecule has 1 aromatic carbocycles. The second kappa shape index (κ2) is 9.82. The van der Waals surface area contributed by atoms with Crippen LogP contribution in [0.15, 0.2) is 16.9 Å². The van der Waals surface area contributed by atoms with E-state index >= 15 is 0 Å². The third-order valence-electron chi connectivity index (χ3n) is 5.93. The third-order valence-corrected chi connectivity index (χ3v) is 7.07. The number of aromatic nitrogens is 2. The molecule has 0 spiro atoms. The average Bonchev–Trinajstić information content (AvgIpc) is 3.18. The maximum absolute atomic E-state index is 12.7. The molecule has 1 aliphatic carbocycles. The molecule has 0 radical (unpaired) electrons. The number of aryl methyl sites for hydroxylation is 2. The molecule has 0 amide bonds. The minimum atomic E-state index is -0.384. The van der Waals surface area contributed by atoms with Crippen molar-refractivity contribution in [3.05, 3.63) is 44.3 Å². The highest BCUT2D eigenvalue weighted by Crippen LogP contribution is 2.38. The molecule has 0 saturated heterocycles. The number of rotatable bonds is 8. The Kier molecular flexibility index (Phi) is 6.88. The zero-order valence-electron chi connectivity index (χ0n) is 19.3. The Morgan fingerprint density at radius 3 is 2.58 bits per heavy atom. The van der Waals surface area contributed by atoms with Crippen molar-refractivity contribution >= 4 is 27.5 Å². The molecule has 0 bridgehead atoms. The second-order valence-corrected chi connectivity index (χ2v) is 9.32. The van der Waals surface area contributed by atoms with E-state index < -0.39 is 0 Å². The molecule has 1 unspecified atom stereocenters. The number of carbonyl (C=O) groups is 1. The molecule has 0 saturated carbocycles. The van der Waals surface area contributed by atoms with Crippen molar-refractivity contribution in [2.24, 2.45) is 5.92 Å². The number of aromatic amines is 1. The first-order chi connectivity index (χ1) is 15.9. The Morgan fingerprint density at radius 2 is 1.91 bits per heavy atom. The number of H-pyrrole nitrogens is 1. The Morgan fingerprint density at radius 1 is 1.18 bits per heavy atom. The van der Waals surface area contributed by atoms with Gasteiger partial charge in [0.15, 0.2) is 11.5 Å². The number of methoxy groups -OCH3 is 3. The summed E-state index contributed by atoms with van der Waals surface area (Å²) in [5.74, 6) is 2.16. The minimum Gasteiger partial charge on any atom is -0.493 e. The van der Waals surface area contributed by atoms with Crippen molar-refractivity contribution in [1.82, 2.24) is 9.97 Å². The molecule has 8 nitrogen and oxygen atoms in total. The summed E-state index contributed by atoms with van der Waals surface area (Å²) in [6, 6.07) is 3.61. The molecular formula is C24H28N2O6S. The van der Waals surface area contributed by atoms with Crippen LogP contribution in [0.5, 0.6) is 17.2 Å². The summed E-state index contributed by atoms with van der Waals surface area (Å²) in [5, 5.41) is 0.694. The van der Waals surface area contributed by atoms with E-state index in [9.17, 15) is 9.59 Å². The number of hydrogen-bond acceptors (Lipinski definition) is 8. The molecule has 9 heteroatoms. The topological polar surface area (TPSA) is 99.7 Å². The summed E-state index contributed by atoms with van der Waals surface area (Å²) in [5.41, 5.74) is 1.83. The number of esters is 1. The average molecular weight is 473 g/mol. The van der Waals surface area contributed by atoms with Gasteiger partial charge in [-0.1, -0.05) is 6.92 Å². The van der Waals surface area contributed by atoms with Crippen LogP contribution in [0.2, 0.25) is 0 Å². The monoisotopic (exact) mass is 472 g/mol. The van der Waals surface area contributed by atoms with E-state index in [1.54, 1.807) is 44.8 Å². The molecule has 0 aliphatic heterocycles. The number of nitrogens with zero attached hydrogens (tertiary/aromatic N) is 1. The molecule has 0 fully saturated rings. The van der Waals surface area contributed by atoms with Crippen molar-refractivity contribution in [2.75, 3.05) is 21.3 Å². The SMILES string of the molecule is COc1cc(CCC(=O)OCc2nc3sc4c(c3c(=O)[nH]2)CCC(C)C4)cc(OC)c1OC. The van der Waals surface area contributed by atoms with Crippen LogP contribution in [-0.2, 0) is 35.4 Å². The lowest BCUT2D eigenvalue weighted by Crippen LogP contribution is -2.16. The van der Waals surface area contributed by atoms with Crippen molar-refractivity contribution in [2.45, 2.75) is 45.6 Å². The highest BCUT2D eigenvalue weighted by Gasteiger charge is 2.23. The largest absolute Gasteiger partial charge is 0.493 e. The third kappa shape index (κ3) is 4.83. The summed E-state index contributed by atoms with van der Waals surface area (Å²) in [7, 11) is 4.63. The van der Waals surface area contributed by atoms with Crippen LogP contribution in [0.25, 0.3) is 10.2 Å². The van der Waals surface area contributed by atoms with E-state index in [1.165, 1.54) is 4.88 Å². The normalized spacial score (nSPS) is 15.2. The fourth-order valence-corrected chi connectivity index (χ4v) is 5.61. The quantitative estimate of drug-likeness (QED) is 0.498. The van der Waals surface area contributed by atoms with Gasteiger partial charge in [0.1, 0.15) is 17.3 Å². The van der Waals surface area contributed by atoms with E-state index in [0.29, 0.717) is 40.8 Å². The Balaban J connectivity index is 1.41. The minimum absolute atomic E-state index is 0.0712. The summed E-state index contributed by atoms with van der Waals surface area (Å²) < 4.78 is 21.4. The molecule has 176 valence electrons. The number of thiophene rings is 1. The van der Waals surface area contributed by atoms with E-state index in [4.69, 9.17) is 18.9 Å². The fourth-order valence-electron chi connectivity index (χ4n) is 4.21. The summed E-state index contributed by atoms with van der Waals surface area (Å²) >= 11 is 1.58. The first-order valence-electron chi connectivity index (χ1n) is 10.9. The van der Waals surface area contributed by atoms with Crippen LogP contribution in [0.3, 0.4) is 0 Å². The number of ether oxygens (including phenoxy) is 4. The van der Waals surface area contributed by atoms with Crippen LogP contribution in [0, 0.1) is 5.92 Å². The van der Waals surface area contributed by atoms with Gasteiger partial charge in [-0.2, -0.15) is 0 Å². The molecular weight excluding hydrogens is 444 g/mol. The zero-order valence-corrected chi connectivity index (χ0v) is 20.1. The number of benzene rings is 1. The first-order valence-corrected chi connectivity index (χ1v) is 11.7. The van der Waals surface area contributed by atoms with Crippen LogP contribution in [0.1, 0.15) is 41.6 Å². The summed E-state index contributed by atoms with van der Waals surface area (Å²) in [4.78, 5) is 34.3. The van der Waals surface area contributed by atoms with Crippen molar-refractivity contribution in [3.8, 4) is 17.2 Å². The van der Waals surface area contributed by atoms with E-state index in [2.05, 4.69) is 16.9 Å². The molecule has 33 heavy (non-hydrogen) atoms. The van der Waals surface area contributed by atoms with Crippen LogP contribution < -0.4 is 19.8 Å². The highest BCUT2D eigenvalue weighted by molar-refractivity contribution is 7.18. The maximum Gasteiger partial charge on any atom is 0.306 e. The number of nitrogens with one attached hydrogen (secondary N) is 1. The van der Waals surface area contributed by atoms with Gasteiger partial charge in [-0.05, 0) is 54.9 Å². The van der Waals surface area contributed by atoms with Gasteiger partial charge >= 0.3 is 5.97 Å². The van der Waals surface area contributed by atoms with Gasteiger partial charge in [0.2, 0.25) is 5.75 Å². The van der Waals surface area contributed by atoms with Crippen LogP contribution in [0.4, 0.5) is 0 Å². The lowest BCUT2D eigenvalue weighted by molar-refractivity contribution is -0.145. The van der Waals surface area contributed by atoms with Gasteiger partial charge in [-0.15, -0.1) is 11.3 Å². The van der Waals surface area contributed by atoms with Crippen molar-refractivity contribution < 1.29 is 23.7 Å². The van der Waals surface area contributed by atoms with Crippen LogP contribution in [-0.4, -0.2) is 37.3 Å². The predicted molar refractivity (Wildman–Crippen MR) is 126 cm³/mol. The Bertz CT molecular complexity index is 1210. The molecule has 1 aliphatic rings. The number of fused-ring (bicyclic) bond motifs is 3. The lowest BCUT2D eigenvalue weighted by atomic mass is 9.89. The lowest BCUT2D eigenvalue weighted by Gasteiger charge is -2.17. The molecule has 1 atom stereocenters. The first kappa shape index (κ1) is 23.1. The number of carbonyl (C=O) groups excluding carboxylic acids is 1. The Hall–Kier alpha value is -3.07. The van der Waals surface area contributed by atoms with Gasteiger partial charge in [-0.3, -0.25) is 9.59 Å². The number of hydrogen-bond donors (Lipinski definition) is 1. The van der Waals surface area contributed by atoms with Gasteiger partial charge in [0, 0.05) is 11.3 Å². The predicted octanol–water partition coefficient (Wildman–Crippen LogP) is 3.81. The zero-order chi connectivity index (χ0) is 23.5. The molecule has 2 heterocycles. The molecule has 1 N–H and O–H groups in total. The van der Waals surface area contributed by atoms with Gasteiger partial charge < -0.3 is 23.9 Å². The van der Waals surface area contributed by atoms with Gasteiger partial charge in [0.25, 0.3) is 5.56 Å². The summed E-state index contributed by atoms with van der Waals surface area (Å²) in [6.45, 7) is 2.16. The Labute approximate surface area is 195 Å². The van der Waals surface area contributed by atoms with Crippen LogP contribution >= 0.6 is 11.3 Å². The smallest absolute Gasteiger partial charge is 0.306 e. The molecule has 2 aromatic heterocycles. The maximum atomic E-state index is 12.7. The van der Waals surface area contributed by atoms with Crippen molar-refractivity contribution in [1.29, 1.82) is 0 Å². The van der Waals surface area contributed by atoms with E-state index in [-0.39, 0.29) is 24.6 Å². The second-order valence-electron chi connectivity index (χ2n) is 8.24. The summed E-state index contributed by atoms with van der Waals surface area (Å²) in [6.07, 6.45) is 3.59. The van der Waals surface area contributed by atoms with E-state index in [0.717, 1.165) is 35.2 Å². The molecule has 3 aromatic rings. The van der Waals surface area contributed by atoms with E-state index in [1.807, 2.05) is 0 Å². The van der Waals surface area contributed by atoms with Crippen molar-refractivity contribution in [3.63, 3.8) is 0 Å².